The number of ketones is 1. The highest BCUT2D eigenvalue weighted by Crippen LogP contribution is 2.29. The molecule has 1 amide bonds. The first-order valence-electron chi connectivity index (χ1n) is 5.01. The monoisotopic (exact) mass is 235 g/mol. The Hall–Kier alpha value is -2.17. The van der Waals surface area contributed by atoms with Crippen molar-refractivity contribution in [1.82, 2.24) is 5.32 Å². The molecule has 2 rings (SSSR count). The van der Waals surface area contributed by atoms with Crippen LogP contribution in [-0.4, -0.2) is 16.8 Å². The molecule has 0 saturated carbocycles. The second-order valence-corrected chi connectivity index (χ2v) is 3.78. The van der Waals surface area contributed by atoms with Crippen LogP contribution in [0.3, 0.4) is 0 Å². The number of aliphatic hydroxyl groups excluding tert-OH is 1. The van der Waals surface area contributed by atoms with E-state index < -0.39 is 29.3 Å². The molecular weight excluding hydrogens is 225 g/mol. The molecule has 0 aromatic heterocycles. The van der Waals surface area contributed by atoms with Crippen LogP contribution in [0.5, 0.6) is 0 Å². The Morgan fingerprint density at radius 3 is 2.47 bits per heavy atom. The summed E-state index contributed by atoms with van der Waals surface area (Å²) in [5, 5.41) is 12.0. The van der Waals surface area contributed by atoms with Crippen LogP contribution in [0.25, 0.3) is 0 Å². The lowest BCUT2D eigenvalue weighted by Crippen LogP contribution is -2.23. The molecule has 17 heavy (non-hydrogen) atoms. The van der Waals surface area contributed by atoms with E-state index in [1.54, 1.807) is 0 Å². The minimum absolute atomic E-state index is 0.0154. The van der Waals surface area contributed by atoms with Crippen molar-refractivity contribution < 1.29 is 19.1 Å². The number of nitrogens with one attached hydrogen (secondary N) is 1. The van der Waals surface area contributed by atoms with Gasteiger partial charge in [-0.2, -0.15) is 0 Å². The molecule has 0 bridgehead atoms. The number of hydrogen-bond acceptors (Lipinski definition) is 3. The SMILES string of the molecule is CC(=O)C1=C(O)C(=O)NC1c1ccc(F)cc1. The van der Waals surface area contributed by atoms with Crippen molar-refractivity contribution in [3.05, 3.63) is 47.0 Å². The van der Waals surface area contributed by atoms with Crippen molar-refractivity contribution in [1.29, 1.82) is 0 Å². The van der Waals surface area contributed by atoms with Gasteiger partial charge >= 0.3 is 0 Å². The first-order chi connectivity index (χ1) is 8.00. The highest BCUT2D eigenvalue weighted by molar-refractivity contribution is 6.08. The Morgan fingerprint density at radius 2 is 1.94 bits per heavy atom. The van der Waals surface area contributed by atoms with E-state index in [4.69, 9.17) is 0 Å². The van der Waals surface area contributed by atoms with Crippen LogP contribution < -0.4 is 5.32 Å². The van der Waals surface area contributed by atoms with Gasteiger partial charge in [0.25, 0.3) is 5.91 Å². The van der Waals surface area contributed by atoms with Crippen molar-refractivity contribution >= 4 is 11.7 Å². The van der Waals surface area contributed by atoms with Crippen LogP contribution in [0, 0.1) is 5.82 Å². The maximum atomic E-state index is 12.8. The molecule has 1 atom stereocenters. The summed E-state index contributed by atoms with van der Waals surface area (Å²) in [6.07, 6.45) is 0. The van der Waals surface area contributed by atoms with Crippen LogP contribution in [-0.2, 0) is 9.59 Å². The Morgan fingerprint density at radius 1 is 1.35 bits per heavy atom. The van der Waals surface area contributed by atoms with E-state index in [1.165, 1.54) is 31.2 Å². The Balaban J connectivity index is 2.44. The summed E-state index contributed by atoms with van der Waals surface area (Å²) in [4.78, 5) is 22.7. The van der Waals surface area contributed by atoms with Gasteiger partial charge in [-0.15, -0.1) is 0 Å². The molecule has 0 aliphatic carbocycles. The highest BCUT2D eigenvalue weighted by atomic mass is 19.1. The number of carbonyl (C=O) groups is 2. The number of aliphatic hydroxyl groups is 1. The van der Waals surface area contributed by atoms with Crippen molar-refractivity contribution in [2.24, 2.45) is 0 Å². The lowest BCUT2D eigenvalue weighted by Gasteiger charge is -2.12. The number of Topliss-reactive ketones (excluding diaryl/α,β-unsaturated/α-hetero) is 1. The van der Waals surface area contributed by atoms with Crippen molar-refractivity contribution in [3.8, 4) is 0 Å². The third-order valence-corrected chi connectivity index (χ3v) is 2.62. The third-order valence-electron chi connectivity index (χ3n) is 2.62. The Kier molecular flexibility index (Phi) is 2.67. The van der Waals surface area contributed by atoms with E-state index in [0.717, 1.165) is 0 Å². The quantitative estimate of drug-likeness (QED) is 0.814. The minimum atomic E-state index is -0.708. The van der Waals surface area contributed by atoms with Gasteiger partial charge in [0.2, 0.25) is 0 Å². The summed E-state index contributed by atoms with van der Waals surface area (Å²) in [5.41, 5.74) is 0.565. The van der Waals surface area contributed by atoms with Crippen molar-refractivity contribution in [2.45, 2.75) is 13.0 Å². The van der Waals surface area contributed by atoms with Gasteiger partial charge in [-0.1, -0.05) is 12.1 Å². The fraction of sp³-hybridized carbons (Fsp3) is 0.167. The number of benzene rings is 1. The van der Waals surface area contributed by atoms with Gasteiger partial charge in [0.15, 0.2) is 11.5 Å². The van der Waals surface area contributed by atoms with Crippen LogP contribution in [0.4, 0.5) is 4.39 Å². The molecule has 5 heteroatoms. The standard InChI is InChI=1S/C12H10FNO3/c1-6(15)9-10(14-12(17)11(9)16)7-2-4-8(13)5-3-7/h2-5,10,16H,1H3,(H,14,17). The molecule has 88 valence electrons. The topological polar surface area (TPSA) is 66.4 Å². The number of amides is 1. The fourth-order valence-electron chi connectivity index (χ4n) is 1.81. The van der Waals surface area contributed by atoms with E-state index in [-0.39, 0.29) is 5.57 Å². The molecule has 0 radical (unpaired) electrons. The zero-order chi connectivity index (χ0) is 12.6. The van der Waals surface area contributed by atoms with E-state index in [0.29, 0.717) is 5.56 Å². The zero-order valence-electron chi connectivity index (χ0n) is 9.03. The summed E-state index contributed by atoms with van der Waals surface area (Å²) in [7, 11) is 0. The van der Waals surface area contributed by atoms with Gasteiger partial charge in [0.05, 0.1) is 11.6 Å². The number of halogens is 1. The molecule has 1 aromatic carbocycles. The normalized spacial score (nSPS) is 19.4. The maximum absolute atomic E-state index is 12.8. The molecule has 0 saturated heterocycles. The predicted octanol–water partition coefficient (Wildman–Crippen LogP) is 1.40. The van der Waals surface area contributed by atoms with Crippen molar-refractivity contribution in [3.63, 3.8) is 0 Å². The van der Waals surface area contributed by atoms with Gasteiger partial charge in [-0.25, -0.2) is 4.39 Å². The first-order valence-corrected chi connectivity index (χ1v) is 5.01. The summed E-state index contributed by atoms with van der Waals surface area (Å²) in [6, 6.07) is 4.67. The van der Waals surface area contributed by atoms with Crippen LogP contribution in [0.15, 0.2) is 35.6 Å². The molecule has 1 aliphatic heterocycles. The van der Waals surface area contributed by atoms with Gasteiger partial charge in [-0.3, -0.25) is 9.59 Å². The van der Waals surface area contributed by atoms with E-state index in [9.17, 15) is 19.1 Å². The molecule has 1 aromatic rings. The Labute approximate surface area is 96.8 Å². The zero-order valence-corrected chi connectivity index (χ0v) is 9.03. The summed E-state index contributed by atoms with van der Waals surface area (Å²) >= 11 is 0. The van der Waals surface area contributed by atoms with Crippen LogP contribution in [0.2, 0.25) is 0 Å². The number of rotatable bonds is 2. The van der Waals surface area contributed by atoms with Gasteiger partial charge in [-0.05, 0) is 24.6 Å². The smallest absolute Gasteiger partial charge is 0.287 e. The molecular formula is C12H10FNO3. The molecule has 1 aliphatic rings. The van der Waals surface area contributed by atoms with Crippen molar-refractivity contribution in [2.75, 3.05) is 0 Å². The maximum Gasteiger partial charge on any atom is 0.287 e. The largest absolute Gasteiger partial charge is 0.503 e. The molecule has 0 spiro atoms. The predicted molar refractivity (Wildman–Crippen MR) is 57.6 cm³/mol. The van der Waals surface area contributed by atoms with Gasteiger partial charge in [0.1, 0.15) is 5.82 Å². The van der Waals surface area contributed by atoms with Crippen LogP contribution >= 0.6 is 0 Å². The highest BCUT2D eigenvalue weighted by Gasteiger charge is 2.35. The average molecular weight is 235 g/mol. The first kappa shape index (κ1) is 11.3. The molecule has 0 fully saturated rings. The number of hydrogen-bond donors (Lipinski definition) is 2. The molecule has 1 unspecified atom stereocenters. The lowest BCUT2D eigenvalue weighted by molar-refractivity contribution is -0.119. The van der Waals surface area contributed by atoms with Gasteiger partial charge < -0.3 is 10.4 Å². The molecule has 2 N–H and O–H groups in total. The minimum Gasteiger partial charge on any atom is -0.503 e. The summed E-state index contributed by atoms with van der Waals surface area (Å²) in [5.74, 6) is -2.05. The summed E-state index contributed by atoms with van der Waals surface area (Å²) < 4.78 is 12.8. The lowest BCUT2D eigenvalue weighted by atomic mass is 9.98. The number of carbonyl (C=O) groups excluding carboxylic acids is 2. The summed E-state index contributed by atoms with van der Waals surface area (Å²) in [6.45, 7) is 1.27. The molecule has 1 heterocycles. The average Bonchev–Trinajstić information content (AvgIpc) is 2.56. The second-order valence-electron chi connectivity index (χ2n) is 3.78. The van der Waals surface area contributed by atoms with Crippen LogP contribution in [0.1, 0.15) is 18.5 Å². The van der Waals surface area contributed by atoms with E-state index in [1.807, 2.05) is 0 Å². The Bertz CT molecular complexity index is 519. The second kappa shape index (κ2) is 4.01. The van der Waals surface area contributed by atoms with E-state index in [2.05, 4.69) is 5.32 Å². The fourth-order valence-corrected chi connectivity index (χ4v) is 1.81. The third kappa shape index (κ3) is 1.91. The molecule has 4 nitrogen and oxygen atoms in total. The van der Waals surface area contributed by atoms with E-state index >= 15 is 0 Å². The van der Waals surface area contributed by atoms with Gasteiger partial charge in [0, 0.05) is 0 Å².